The molecule has 1 unspecified atom stereocenters. The van der Waals surface area contributed by atoms with Crippen LogP contribution in [-0.4, -0.2) is 25.2 Å². The summed E-state index contributed by atoms with van der Waals surface area (Å²) in [6.45, 7) is 9.30. The van der Waals surface area contributed by atoms with Crippen molar-refractivity contribution in [3.05, 3.63) is 33.8 Å². The van der Waals surface area contributed by atoms with Crippen molar-refractivity contribution in [2.75, 3.05) is 13.2 Å². The van der Waals surface area contributed by atoms with E-state index in [-0.39, 0.29) is 11.9 Å². The van der Waals surface area contributed by atoms with E-state index < -0.39 is 0 Å². The van der Waals surface area contributed by atoms with Crippen molar-refractivity contribution < 1.29 is 9.53 Å². The Bertz CT molecular complexity index is 432. The minimum atomic E-state index is -0.0472. The molecule has 1 N–H and O–H groups in total. The molecule has 19 heavy (non-hydrogen) atoms. The van der Waals surface area contributed by atoms with Crippen molar-refractivity contribution in [3.8, 4) is 0 Å². The zero-order valence-corrected chi connectivity index (χ0v) is 13.6. The predicted octanol–water partition coefficient (Wildman–Crippen LogP) is 3.55. The van der Waals surface area contributed by atoms with Gasteiger partial charge in [0.25, 0.3) is 5.91 Å². The Hall–Kier alpha value is -0.870. The van der Waals surface area contributed by atoms with E-state index in [0.29, 0.717) is 24.7 Å². The molecule has 3 nitrogen and oxygen atoms in total. The molecule has 0 aromatic heterocycles. The first-order valence-electron chi connectivity index (χ1n) is 6.60. The van der Waals surface area contributed by atoms with Crippen LogP contribution in [0.15, 0.2) is 22.7 Å². The molecule has 0 heterocycles. The molecule has 0 aliphatic carbocycles. The van der Waals surface area contributed by atoms with Crippen LogP contribution in [0.1, 0.15) is 36.7 Å². The van der Waals surface area contributed by atoms with Crippen LogP contribution in [0.25, 0.3) is 0 Å². The van der Waals surface area contributed by atoms with Crippen LogP contribution in [0.2, 0.25) is 0 Å². The SMILES string of the molecule is CCOCC(NC(=O)c1ccc(Br)c(C)c1)C(C)C. The molecule has 1 atom stereocenters. The summed E-state index contributed by atoms with van der Waals surface area (Å²) < 4.78 is 6.43. The van der Waals surface area contributed by atoms with E-state index in [4.69, 9.17) is 4.74 Å². The maximum atomic E-state index is 12.2. The highest BCUT2D eigenvalue weighted by atomic mass is 79.9. The number of aryl methyl sites for hydroxylation is 1. The van der Waals surface area contributed by atoms with Gasteiger partial charge in [0.2, 0.25) is 0 Å². The summed E-state index contributed by atoms with van der Waals surface area (Å²) in [6.07, 6.45) is 0. The number of ether oxygens (including phenoxy) is 1. The molecular weight excluding hydrogens is 306 g/mol. The Kier molecular flexibility index (Phi) is 6.52. The quantitative estimate of drug-likeness (QED) is 0.867. The first-order chi connectivity index (χ1) is 8.95. The number of nitrogens with one attached hydrogen (secondary N) is 1. The number of amides is 1. The normalized spacial score (nSPS) is 12.5. The van der Waals surface area contributed by atoms with E-state index in [2.05, 4.69) is 35.1 Å². The second-order valence-electron chi connectivity index (χ2n) is 4.95. The lowest BCUT2D eigenvalue weighted by molar-refractivity contribution is 0.0806. The van der Waals surface area contributed by atoms with E-state index in [1.807, 2.05) is 32.0 Å². The lowest BCUT2D eigenvalue weighted by atomic mass is 10.0. The highest BCUT2D eigenvalue weighted by Crippen LogP contribution is 2.17. The molecular formula is C15H22BrNO2. The fourth-order valence-electron chi connectivity index (χ4n) is 1.68. The van der Waals surface area contributed by atoms with Crippen LogP contribution in [0.4, 0.5) is 0 Å². The summed E-state index contributed by atoms with van der Waals surface area (Å²) in [5.74, 6) is 0.293. The van der Waals surface area contributed by atoms with Gasteiger partial charge in [0.1, 0.15) is 0 Å². The Balaban J connectivity index is 2.73. The fraction of sp³-hybridized carbons (Fsp3) is 0.533. The molecule has 0 aliphatic heterocycles. The number of carbonyl (C=O) groups is 1. The van der Waals surface area contributed by atoms with Gasteiger partial charge < -0.3 is 10.1 Å². The van der Waals surface area contributed by atoms with E-state index in [0.717, 1.165) is 10.0 Å². The van der Waals surface area contributed by atoms with Gasteiger partial charge in [0.15, 0.2) is 0 Å². The minimum absolute atomic E-state index is 0.0383. The zero-order chi connectivity index (χ0) is 14.4. The second-order valence-corrected chi connectivity index (χ2v) is 5.80. The number of hydrogen-bond donors (Lipinski definition) is 1. The fourth-order valence-corrected chi connectivity index (χ4v) is 1.93. The Morgan fingerprint density at radius 2 is 2.11 bits per heavy atom. The molecule has 1 amide bonds. The smallest absolute Gasteiger partial charge is 0.251 e. The highest BCUT2D eigenvalue weighted by molar-refractivity contribution is 9.10. The molecule has 4 heteroatoms. The van der Waals surface area contributed by atoms with Crippen molar-refractivity contribution in [2.45, 2.75) is 33.7 Å². The second kappa shape index (κ2) is 7.65. The van der Waals surface area contributed by atoms with Gasteiger partial charge >= 0.3 is 0 Å². The van der Waals surface area contributed by atoms with Crippen molar-refractivity contribution in [3.63, 3.8) is 0 Å². The van der Waals surface area contributed by atoms with Crippen molar-refractivity contribution in [2.24, 2.45) is 5.92 Å². The third kappa shape index (κ3) is 4.96. The molecule has 1 aromatic rings. The van der Waals surface area contributed by atoms with Gasteiger partial charge in [-0.1, -0.05) is 29.8 Å². The molecule has 1 rings (SSSR count). The lowest BCUT2D eigenvalue weighted by Crippen LogP contribution is -2.41. The molecule has 0 saturated carbocycles. The van der Waals surface area contributed by atoms with E-state index in [1.54, 1.807) is 0 Å². The molecule has 0 fully saturated rings. The average Bonchev–Trinajstić information content (AvgIpc) is 2.37. The first-order valence-corrected chi connectivity index (χ1v) is 7.39. The van der Waals surface area contributed by atoms with Gasteiger partial charge in [-0.05, 0) is 43.5 Å². The summed E-state index contributed by atoms with van der Waals surface area (Å²) >= 11 is 3.44. The van der Waals surface area contributed by atoms with Gasteiger partial charge in [-0.15, -0.1) is 0 Å². The summed E-state index contributed by atoms with van der Waals surface area (Å²) in [5.41, 5.74) is 1.74. The van der Waals surface area contributed by atoms with Crippen LogP contribution in [-0.2, 0) is 4.74 Å². The number of halogens is 1. The third-order valence-corrected chi connectivity index (χ3v) is 3.93. The molecule has 0 radical (unpaired) electrons. The van der Waals surface area contributed by atoms with Gasteiger partial charge in [-0.25, -0.2) is 0 Å². The molecule has 1 aromatic carbocycles. The molecule has 106 valence electrons. The first kappa shape index (κ1) is 16.2. The van der Waals surface area contributed by atoms with E-state index in [1.165, 1.54) is 0 Å². The molecule has 0 bridgehead atoms. The van der Waals surface area contributed by atoms with Crippen LogP contribution >= 0.6 is 15.9 Å². The van der Waals surface area contributed by atoms with Crippen molar-refractivity contribution >= 4 is 21.8 Å². The van der Waals surface area contributed by atoms with E-state index >= 15 is 0 Å². The number of rotatable bonds is 6. The topological polar surface area (TPSA) is 38.3 Å². The summed E-state index contributed by atoms with van der Waals surface area (Å²) in [5, 5.41) is 3.03. The minimum Gasteiger partial charge on any atom is -0.380 e. The van der Waals surface area contributed by atoms with E-state index in [9.17, 15) is 4.79 Å². The Morgan fingerprint density at radius 1 is 1.42 bits per heavy atom. The van der Waals surface area contributed by atoms with Crippen LogP contribution in [0.5, 0.6) is 0 Å². The summed E-state index contributed by atoms with van der Waals surface area (Å²) in [7, 11) is 0. The Labute approximate surface area is 123 Å². The monoisotopic (exact) mass is 327 g/mol. The number of carbonyl (C=O) groups excluding carboxylic acids is 1. The highest BCUT2D eigenvalue weighted by Gasteiger charge is 2.17. The number of benzene rings is 1. The van der Waals surface area contributed by atoms with Gasteiger partial charge in [-0.2, -0.15) is 0 Å². The maximum absolute atomic E-state index is 12.2. The predicted molar refractivity (Wildman–Crippen MR) is 81.5 cm³/mol. The number of hydrogen-bond acceptors (Lipinski definition) is 2. The maximum Gasteiger partial charge on any atom is 0.251 e. The summed E-state index contributed by atoms with van der Waals surface area (Å²) in [6, 6.07) is 5.65. The standard InChI is InChI=1S/C15H22BrNO2/c1-5-19-9-14(10(2)3)17-15(18)12-6-7-13(16)11(4)8-12/h6-8,10,14H,5,9H2,1-4H3,(H,17,18). The molecule has 0 saturated heterocycles. The summed E-state index contributed by atoms with van der Waals surface area (Å²) in [4.78, 5) is 12.2. The van der Waals surface area contributed by atoms with Crippen LogP contribution in [0.3, 0.4) is 0 Å². The largest absolute Gasteiger partial charge is 0.380 e. The average molecular weight is 328 g/mol. The van der Waals surface area contributed by atoms with Gasteiger partial charge in [-0.3, -0.25) is 4.79 Å². The van der Waals surface area contributed by atoms with Crippen molar-refractivity contribution in [1.82, 2.24) is 5.32 Å². The van der Waals surface area contributed by atoms with Crippen LogP contribution in [0, 0.1) is 12.8 Å². The molecule has 0 aliphatic rings. The van der Waals surface area contributed by atoms with Crippen LogP contribution < -0.4 is 5.32 Å². The van der Waals surface area contributed by atoms with Gasteiger partial charge in [0.05, 0.1) is 12.6 Å². The lowest BCUT2D eigenvalue weighted by Gasteiger charge is -2.22. The van der Waals surface area contributed by atoms with Gasteiger partial charge in [0, 0.05) is 16.6 Å². The zero-order valence-electron chi connectivity index (χ0n) is 12.0. The Morgan fingerprint density at radius 3 is 2.63 bits per heavy atom. The third-order valence-electron chi connectivity index (χ3n) is 3.04. The molecule has 0 spiro atoms. The van der Waals surface area contributed by atoms with Crippen molar-refractivity contribution in [1.29, 1.82) is 0 Å².